The smallest absolute Gasteiger partial charge is 0.403 e. The van der Waals surface area contributed by atoms with E-state index in [1.807, 2.05) is 12.1 Å². The van der Waals surface area contributed by atoms with Crippen LogP contribution in [0.25, 0.3) is 21.9 Å². The Labute approximate surface area is 222 Å². The predicted octanol–water partition coefficient (Wildman–Crippen LogP) is 10.8. The van der Waals surface area contributed by atoms with Crippen molar-refractivity contribution in [1.29, 1.82) is 0 Å². The number of halogens is 5. The topological polar surface area (TPSA) is 9.23 Å². The molecular formula is C32H37F5O. The van der Waals surface area contributed by atoms with Crippen LogP contribution < -0.4 is 4.74 Å². The quantitative estimate of drug-likeness (QED) is 0.176. The van der Waals surface area contributed by atoms with Gasteiger partial charge in [-0.1, -0.05) is 108 Å². The molecule has 0 spiro atoms. The number of fused-ring (bicyclic) bond motifs is 1. The summed E-state index contributed by atoms with van der Waals surface area (Å²) in [5.74, 6) is -1.02. The van der Waals surface area contributed by atoms with E-state index >= 15 is 4.39 Å². The maximum Gasteiger partial charge on any atom is 0.573 e. The van der Waals surface area contributed by atoms with Gasteiger partial charge in [-0.25, -0.2) is 8.78 Å². The lowest BCUT2D eigenvalue weighted by Crippen LogP contribution is -2.17. The van der Waals surface area contributed by atoms with E-state index < -0.39 is 23.7 Å². The molecule has 0 atom stereocenters. The molecule has 0 unspecified atom stereocenters. The Hall–Kier alpha value is -2.63. The molecule has 0 aliphatic heterocycles. The van der Waals surface area contributed by atoms with E-state index in [-0.39, 0.29) is 11.1 Å². The third kappa shape index (κ3) is 7.70. The second-order valence-electron chi connectivity index (χ2n) is 10.8. The van der Waals surface area contributed by atoms with E-state index in [1.165, 1.54) is 75.8 Å². The van der Waals surface area contributed by atoms with Crippen LogP contribution in [0.2, 0.25) is 0 Å². The Balaban J connectivity index is 1.33. The van der Waals surface area contributed by atoms with Gasteiger partial charge in [0.25, 0.3) is 0 Å². The molecule has 0 bridgehead atoms. The molecule has 1 nitrogen and oxygen atoms in total. The van der Waals surface area contributed by atoms with Crippen molar-refractivity contribution < 1.29 is 26.7 Å². The van der Waals surface area contributed by atoms with E-state index in [1.54, 1.807) is 18.2 Å². The molecule has 0 saturated heterocycles. The van der Waals surface area contributed by atoms with Crippen LogP contribution in [0.1, 0.15) is 83.1 Å². The van der Waals surface area contributed by atoms with E-state index in [4.69, 9.17) is 0 Å². The minimum absolute atomic E-state index is 0.129. The van der Waals surface area contributed by atoms with Gasteiger partial charge in [0.05, 0.1) is 0 Å². The van der Waals surface area contributed by atoms with Crippen molar-refractivity contribution in [2.24, 2.45) is 11.8 Å². The van der Waals surface area contributed by atoms with Gasteiger partial charge < -0.3 is 4.74 Å². The average molecular weight is 533 g/mol. The van der Waals surface area contributed by atoms with Crippen LogP contribution in [0.15, 0.2) is 48.5 Å². The van der Waals surface area contributed by atoms with Crippen LogP contribution in [0.4, 0.5) is 22.0 Å². The highest BCUT2D eigenvalue weighted by Gasteiger charge is 2.32. The van der Waals surface area contributed by atoms with Gasteiger partial charge in [0, 0.05) is 10.9 Å². The molecule has 38 heavy (non-hydrogen) atoms. The van der Waals surface area contributed by atoms with Gasteiger partial charge in [0.15, 0.2) is 11.6 Å². The van der Waals surface area contributed by atoms with E-state index in [0.717, 1.165) is 42.2 Å². The molecule has 0 aromatic heterocycles. The second-order valence-corrected chi connectivity index (χ2v) is 10.8. The minimum atomic E-state index is -5.00. The van der Waals surface area contributed by atoms with Gasteiger partial charge in [-0.05, 0) is 53.3 Å². The summed E-state index contributed by atoms with van der Waals surface area (Å²) in [6.07, 6.45) is 10.5. The van der Waals surface area contributed by atoms with Crippen LogP contribution in [-0.4, -0.2) is 6.36 Å². The Bertz CT molecular complexity index is 1190. The summed E-state index contributed by atoms with van der Waals surface area (Å²) in [4.78, 5) is 0. The van der Waals surface area contributed by atoms with Gasteiger partial charge >= 0.3 is 6.36 Å². The molecule has 6 heteroatoms. The monoisotopic (exact) mass is 532 g/mol. The van der Waals surface area contributed by atoms with Gasteiger partial charge in [-0.3, -0.25) is 0 Å². The summed E-state index contributed by atoms with van der Waals surface area (Å²) in [6, 6.07) is 12.0. The molecule has 0 amide bonds. The molecule has 1 saturated carbocycles. The number of benzene rings is 3. The number of rotatable bonds is 11. The van der Waals surface area contributed by atoms with Crippen molar-refractivity contribution in [3.63, 3.8) is 0 Å². The van der Waals surface area contributed by atoms with Crippen molar-refractivity contribution >= 4 is 10.8 Å². The Kier molecular flexibility index (Phi) is 9.67. The SMILES string of the molecule is CCCCCCC[C@H]1CC[C@H](CCc2ccc3c(F)c(-c4ccc(OC(F)(F)F)c(F)c4)ccc3c2)CC1. The molecule has 206 valence electrons. The van der Waals surface area contributed by atoms with Gasteiger partial charge in [0.1, 0.15) is 5.82 Å². The van der Waals surface area contributed by atoms with Crippen molar-refractivity contribution in [2.75, 3.05) is 0 Å². The minimum Gasteiger partial charge on any atom is -0.403 e. The molecule has 3 aromatic rings. The normalized spacial score (nSPS) is 18.2. The van der Waals surface area contributed by atoms with Crippen LogP contribution in [0, 0.1) is 23.5 Å². The first kappa shape index (κ1) is 28.4. The van der Waals surface area contributed by atoms with Crippen LogP contribution >= 0.6 is 0 Å². The number of hydrogen-bond donors (Lipinski definition) is 0. The lowest BCUT2D eigenvalue weighted by Gasteiger charge is -2.28. The molecular weight excluding hydrogens is 495 g/mol. The van der Waals surface area contributed by atoms with Crippen molar-refractivity contribution in [2.45, 2.75) is 90.3 Å². The zero-order valence-corrected chi connectivity index (χ0v) is 22.1. The molecule has 1 fully saturated rings. The fourth-order valence-corrected chi connectivity index (χ4v) is 5.81. The van der Waals surface area contributed by atoms with Crippen LogP contribution in [-0.2, 0) is 6.42 Å². The Morgan fingerprint density at radius 1 is 0.789 bits per heavy atom. The first-order valence-corrected chi connectivity index (χ1v) is 14.0. The van der Waals surface area contributed by atoms with Gasteiger partial charge in [0.2, 0.25) is 0 Å². The van der Waals surface area contributed by atoms with Crippen LogP contribution in [0.3, 0.4) is 0 Å². The third-order valence-electron chi connectivity index (χ3n) is 8.01. The first-order chi connectivity index (χ1) is 18.2. The highest BCUT2D eigenvalue weighted by molar-refractivity contribution is 5.88. The highest BCUT2D eigenvalue weighted by atomic mass is 19.4. The molecule has 3 aromatic carbocycles. The summed E-state index contributed by atoms with van der Waals surface area (Å²) in [6.45, 7) is 2.25. The van der Waals surface area contributed by atoms with Crippen molar-refractivity contribution in [1.82, 2.24) is 0 Å². The van der Waals surface area contributed by atoms with Gasteiger partial charge in [-0.2, -0.15) is 0 Å². The number of aryl methyl sites for hydroxylation is 1. The highest BCUT2D eigenvalue weighted by Crippen LogP contribution is 2.36. The number of unbranched alkanes of at least 4 members (excludes halogenated alkanes) is 4. The fraction of sp³-hybridized carbons (Fsp3) is 0.500. The van der Waals surface area contributed by atoms with Crippen molar-refractivity contribution in [3.05, 3.63) is 65.7 Å². The summed E-state index contributed by atoms with van der Waals surface area (Å²) < 4.78 is 70.4. The standard InChI is InChI=1S/C32H37F5O/c1-2-3-4-5-6-7-22-8-10-23(11-9-22)12-13-24-14-17-27-25(20-24)15-18-28(31(27)34)26-16-19-30(29(33)21-26)38-32(35,36)37/h14-23H,2-13H2,1H3/t22-,23-. The molecule has 1 aliphatic rings. The average Bonchev–Trinajstić information content (AvgIpc) is 2.89. The van der Waals surface area contributed by atoms with Crippen LogP contribution in [0.5, 0.6) is 5.75 Å². The molecule has 0 heterocycles. The first-order valence-electron chi connectivity index (χ1n) is 14.0. The zero-order valence-electron chi connectivity index (χ0n) is 22.1. The summed E-state index contributed by atoms with van der Waals surface area (Å²) in [5, 5.41) is 1.16. The zero-order chi connectivity index (χ0) is 27.1. The fourth-order valence-electron chi connectivity index (χ4n) is 5.81. The summed E-state index contributed by atoms with van der Waals surface area (Å²) in [5.41, 5.74) is 1.45. The summed E-state index contributed by atoms with van der Waals surface area (Å²) in [7, 11) is 0. The maximum atomic E-state index is 15.3. The number of alkyl halides is 3. The lowest BCUT2D eigenvalue weighted by atomic mass is 9.77. The van der Waals surface area contributed by atoms with E-state index in [0.29, 0.717) is 5.39 Å². The Morgan fingerprint density at radius 3 is 2.18 bits per heavy atom. The largest absolute Gasteiger partial charge is 0.573 e. The van der Waals surface area contributed by atoms with E-state index in [9.17, 15) is 17.6 Å². The maximum absolute atomic E-state index is 15.3. The molecule has 0 N–H and O–H groups in total. The number of ether oxygens (including phenoxy) is 1. The molecule has 1 aliphatic carbocycles. The van der Waals surface area contributed by atoms with E-state index in [2.05, 4.69) is 11.7 Å². The molecule has 0 radical (unpaired) electrons. The number of hydrogen-bond acceptors (Lipinski definition) is 1. The van der Waals surface area contributed by atoms with Gasteiger partial charge in [-0.15, -0.1) is 13.2 Å². The van der Waals surface area contributed by atoms with Crippen molar-refractivity contribution in [3.8, 4) is 16.9 Å². The Morgan fingerprint density at radius 2 is 1.50 bits per heavy atom. The predicted molar refractivity (Wildman–Crippen MR) is 143 cm³/mol. The second kappa shape index (κ2) is 12.9. The third-order valence-corrected chi connectivity index (χ3v) is 8.01. The lowest BCUT2D eigenvalue weighted by molar-refractivity contribution is -0.275. The summed E-state index contributed by atoms with van der Waals surface area (Å²) >= 11 is 0. The molecule has 4 rings (SSSR count).